The summed E-state index contributed by atoms with van der Waals surface area (Å²) < 4.78 is 28.1. The summed E-state index contributed by atoms with van der Waals surface area (Å²) in [5.74, 6) is 0. The van der Waals surface area contributed by atoms with Gasteiger partial charge in [-0.2, -0.15) is 4.31 Å². The summed E-state index contributed by atoms with van der Waals surface area (Å²) in [4.78, 5) is 16.9. The third-order valence-corrected chi connectivity index (χ3v) is 7.56. The standard InChI is InChI=1S/C18H17ClN4O3S2/c19-12-7-9-13(10-8-12)28(25,26)23-11-3-6-16(23)21-17(24)22-18-20-14-4-1-2-5-15(14)27-18/h1-2,4-5,7-10,16H,3,6,11H2,(H2,20,21,22,24)/t16-/m0/s1. The first kappa shape index (κ1) is 19.1. The molecule has 1 fully saturated rings. The highest BCUT2D eigenvalue weighted by molar-refractivity contribution is 7.89. The number of carbonyl (C=O) groups is 1. The van der Waals surface area contributed by atoms with E-state index in [9.17, 15) is 13.2 Å². The number of nitrogens with one attached hydrogen (secondary N) is 2. The Morgan fingerprint density at radius 3 is 2.68 bits per heavy atom. The molecule has 7 nitrogen and oxygen atoms in total. The molecular formula is C18H17ClN4O3S2. The number of carbonyl (C=O) groups excluding carboxylic acids is 1. The van der Waals surface area contributed by atoms with E-state index in [1.54, 1.807) is 0 Å². The van der Waals surface area contributed by atoms with E-state index in [0.29, 0.717) is 29.5 Å². The topological polar surface area (TPSA) is 91.4 Å². The van der Waals surface area contributed by atoms with Crippen LogP contribution in [0.25, 0.3) is 10.2 Å². The molecule has 0 spiro atoms. The molecule has 1 aliphatic rings. The van der Waals surface area contributed by atoms with Crippen molar-refractivity contribution in [2.24, 2.45) is 0 Å². The third kappa shape index (κ3) is 3.83. The number of sulfonamides is 1. The Balaban J connectivity index is 1.47. The largest absolute Gasteiger partial charge is 0.322 e. The molecule has 0 aliphatic carbocycles. The number of para-hydroxylation sites is 1. The summed E-state index contributed by atoms with van der Waals surface area (Å²) in [5.41, 5.74) is 0.801. The number of aromatic nitrogens is 1. The van der Waals surface area contributed by atoms with E-state index in [0.717, 1.165) is 10.2 Å². The van der Waals surface area contributed by atoms with Gasteiger partial charge in [-0.15, -0.1) is 0 Å². The molecule has 0 radical (unpaired) electrons. The summed E-state index contributed by atoms with van der Waals surface area (Å²) in [6, 6.07) is 13.1. The molecule has 28 heavy (non-hydrogen) atoms. The van der Waals surface area contributed by atoms with Crippen molar-refractivity contribution in [2.45, 2.75) is 23.9 Å². The molecule has 2 amide bonds. The predicted molar refractivity (Wildman–Crippen MR) is 110 cm³/mol. The van der Waals surface area contributed by atoms with Crippen LogP contribution in [-0.2, 0) is 10.0 Å². The monoisotopic (exact) mass is 436 g/mol. The Morgan fingerprint density at radius 1 is 1.18 bits per heavy atom. The van der Waals surface area contributed by atoms with Gasteiger partial charge in [0.1, 0.15) is 0 Å². The van der Waals surface area contributed by atoms with Gasteiger partial charge in [-0.05, 0) is 49.2 Å². The second-order valence-corrected chi connectivity index (χ2v) is 9.67. The number of urea groups is 1. The lowest BCUT2D eigenvalue weighted by Crippen LogP contribution is -2.48. The number of fused-ring (bicyclic) bond motifs is 1. The first-order valence-corrected chi connectivity index (χ1v) is 11.3. The zero-order valence-electron chi connectivity index (χ0n) is 14.6. The van der Waals surface area contributed by atoms with Gasteiger partial charge in [0.15, 0.2) is 5.13 Å². The minimum atomic E-state index is -3.72. The van der Waals surface area contributed by atoms with Gasteiger partial charge in [0.2, 0.25) is 10.0 Å². The van der Waals surface area contributed by atoms with Crippen molar-refractivity contribution in [3.8, 4) is 0 Å². The zero-order valence-corrected chi connectivity index (χ0v) is 17.0. The van der Waals surface area contributed by atoms with Crippen LogP contribution in [0.4, 0.5) is 9.93 Å². The number of hydrogen-bond acceptors (Lipinski definition) is 5. The van der Waals surface area contributed by atoms with Crippen molar-refractivity contribution >= 4 is 54.3 Å². The average Bonchev–Trinajstić information content (AvgIpc) is 3.28. The Hall–Kier alpha value is -2.20. The maximum absolute atomic E-state index is 12.9. The molecule has 1 atom stereocenters. The second kappa shape index (κ2) is 7.67. The fourth-order valence-electron chi connectivity index (χ4n) is 3.12. The maximum atomic E-state index is 12.9. The van der Waals surface area contributed by atoms with E-state index in [4.69, 9.17) is 11.6 Å². The Bertz CT molecular complexity index is 1080. The van der Waals surface area contributed by atoms with Crippen LogP contribution >= 0.6 is 22.9 Å². The van der Waals surface area contributed by atoms with E-state index in [1.165, 1.54) is 39.9 Å². The lowest BCUT2D eigenvalue weighted by Gasteiger charge is -2.24. The number of thiazole rings is 1. The first-order valence-electron chi connectivity index (χ1n) is 8.64. The molecule has 2 aromatic carbocycles. The highest BCUT2D eigenvalue weighted by Gasteiger charge is 2.36. The van der Waals surface area contributed by atoms with Gasteiger partial charge < -0.3 is 5.32 Å². The van der Waals surface area contributed by atoms with Gasteiger partial charge in [-0.25, -0.2) is 18.2 Å². The summed E-state index contributed by atoms with van der Waals surface area (Å²) in [7, 11) is -3.72. The van der Waals surface area contributed by atoms with E-state index in [-0.39, 0.29) is 4.90 Å². The maximum Gasteiger partial charge on any atom is 0.322 e. The summed E-state index contributed by atoms with van der Waals surface area (Å²) >= 11 is 7.21. The number of nitrogens with zero attached hydrogens (tertiary/aromatic N) is 2. The Morgan fingerprint density at radius 2 is 1.93 bits per heavy atom. The SMILES string of the molecule is O=C(Nc1nc2ccccc2s1)N[C@@H]1CCCN1S(=O)(=O)c1ccc(Cl)cc1. The number of rotatable bonds is 4. The smallest absolute Gasteiger partial charge is 0.321 e. The molecule has 1 aromatic heterocycles. The normalized spacial score (nSPS) is 17.7. The molecule has 146 valence electrons. The highest BCUT2D eigenvalue weighted by Crippen LogP contribution is 2.27. The lowest BCUT2D eigenvalue weighted by atomic mass is 10.3. The van der Waals surface area contributed by atoms with Gasteiger partial charge in [0.05, 0.1) is 21.3 Å². The van der Waals surface area contributed by atoms with E-state index in [1.807, 2.05) is 24.3 Å². The zero-order chi connectivity index (χ0) is 19.7. The Labute approximate surface area is 171 Å². The highest BCUT2D eigenvalue weighted by atomic mass is 35.5. The van der Waals surface area contributed by atoms with E-state index >= 15 is 0 Å². The molecule has 1 aliphatic heterocycles. The van der Waals surface area contributed by atoms with Gasteiger partial charge >= 0.3 is 6.03 Å². The van der Waals surface area contributed by atoms with Crippen molar-refractivity contribution in [3.05, 3.63) is 53.6 Å². The molecule has 0 bridgehead atoms. The van der Waals surface area contributed by atoms with Crippen molar-refractivity contribution in [2.75, 3.05) is 11.9 Å². The van der Waals surface area contributed by atoms with E-state index in [2.05, 4.69) is 15.6 Å². The average molecular weight is 437 g/mol. The second-order valence-electron chi connectivity index (χ2n) is 6.31. The molecule has 0 saturated carbocycles. The van der Waals surface area contributed by atoms with Crippen molar-refractivity contribution in [1.82, 2.24) is 14.6 Å². The van der Waals surface area contributed by atoms with Crippen LogP contribution < -0.4 is 10.6 Å². The fourth-order valence-corrected chi connectivity index (χ4v) is 5.72. The summed E-state index contributed by atoms with van der Waals surface area (Å²) in [6.07, 6.45) is 0.592. The Kier molecular flexibility index (Phi) is 5.24. The van der Waals surface area contributed by atoms with Gasteiger partial charge in [-0.1, -0.05) is 35.1 Å². The van der Waals surface area contributed by atoms with Crippen LogP contribution in [0.5, 0.6) is 0 Å². The van der Waals surface area contributed by atoms with Crippen LogP contribution in [0, 0.1) is 0 Å². The van der Waals surface area contributed by atoms with Gasteiger partial charge in [0.25, 0.3) is 0 Å². The predicted octanol–water partition coefficient (Wildman–Crippen LogP) is 3.88. The minimum absolute atomic E-state index is 0.150. The van der Waals surface area contributed by atoms with Crippen LogP contribution in [0.3, 0.4) is 0 Å². The third-order valence-electron chi connectivity index (χ3n) is 4.44. The summed E-state index contributed by atoms with van der Waals surface area (Å²) in [5, 5.41) is 6.37. The fraction of sp³-hybridized carbons (Fsp3) is 0.222. The molecule has 3 aromatic rings. The molecule has 2 heterocycles. The van der Waals surface area contributed by atoms with Crippen molar-refractivity contribution < 1.29 is 13.2 Å². The van der Waals surface area contributed by atoms with Gasteiger partial charge in [-0.3, -0.25) is 5.32 Å². The minimum Gasteiger partial charge on any atom is -0.321 e. The van der Waals surface area contributed by atoms with Crippen LogP contribution in [0.15, 0.2) is 53.4 Å². The lowest BCUT2D eigenvalue weighted by molar-refractivity contribution is 0.240. The van der Waals surface area contributed by atoms with Crippen LogP contribution in [0.1, 0.15) is 12.8 Å². The number of halogens is 1. The molecule has 2 N–H and O–H groups in total. The number of benzene rings is 2. The molecular weight excluding hydrogens is 420 g/mol. The quantitative estimate of drug-likeness (QED) is 0.649. The van der Waals surface area contributed by atoms with Gasteiger partial charge in [0, 0.05) is 11.6 Å². The number of anilines is 1. The van der Waals surface area contributed by atoms with Crippen molar-refractivity contribution in [3.63, 3.8) is 0 Å². The molecule has 10 heteroatoms. The molecule has 0 unspecified atom stereocenters. The van der Waals surface area contributed by atoms with Crippen LogP contribution in [0.2, 0.25) is 5.02 Å². The van der Waals surface area contributed by atoms with Crippen molar-refractivity contribution in [1.29, 1.82) is 0 Å². The van der Waals surface area contributed by atoms with E-state index < -0.39 is 22.2 Å². The number of hydrogen-bond donors (Lipinski definition) is 2. The molecule has 4 rings (SSSR count). The summed E-state index contributed by atoms with van der Waals surface area (Å²) in [6.45, 7) is 0.344. The first-order chi connectivity index (χ1) is 13.4. The molecule has 1 saturated heterocycles. The number of amides is 2. The van der Waals surface area contributed by atoms with Crippen LogP contribution in [-0.4, -0.2) is 36.4 Å².